The Balaban J connectivity index is 0.00000218. The molecule has 2 heterocycles. The first-order chi connectivity index (χ1) is 14.3. The number of rotatable bonds is 3. The summed E-state index contributed by atoms with van der Waals surface area (Å²) >= 11 is 0. The fourth-order valence-corrected chi connectivity index (χ4v) is 3.90. The molecule has 4 aromatic rings. The van der Waals surface area contributed by atoms with Crippen molar-refractivity contribution in [3.8, 4) is 0 Å². The Kier molecular flexibility index (Phi) is 5.25. The second-order valence-electron chi connectivity index (χ2n) is 6.94. The number of hydrogen-bond acceptors (Lipinski definition) is 2. The smallest absolute Gasteiger partial charge is 0.337 e. The van der Waals surface area contributed by atoms with Crippen molar-refractivity contribution >= 4 is 39.9 Å². The quantitative estimate of drug-likeness (QED) is 0.485. The maximum Gasteiger partial charge on any atom is 0.337 e. The van der Waals surface area contributed by atoms with Crippen LogP contribution in [-0.2, 0) is 4.74 Å². The maximum atomic E-state index is 11.9. The molecule has 0 atom stereocenters. The zero-order valence-electron chi connectivity index (χ0n) is 16.3. The molecule has 148 valence electrons. The average Bonchev–Trinajstić information content (AvgIpc) is 3.39. The molecule has 0 aliphatic carbocycles. The van der Waals surface area contributed by atoms with E-state index in [-0.39, 0.29) is 18.4 Å². The van der Waals surface area contributed by atoms with E-state index in [1.807, 2.05) is 48.5 Å². The first kappa shape index (κ1) is 19.7. The third-order valence-electron chi connectivity index (χ3n) is 5.31. The molecule has 0 saturated carbocycles. The number of ether oxygens (including phenoxy) is 1. The Morgan fingerprint density at radius 2 is 1.60 bits per heavy atom. The topological polar surface area (TPSA) is 56.1 Å². The number of esters is 1. The van der Waals surface area contributed by atoms with Crippen LogP contribution in [0.4, 0.5) is 5.69 Å². The molecule has 30 heavy (non-hydrogen) atoms. The molecule has 1 aromatic heterocycles. The van der Waals surface area contributed by atoms with Crippen LogP contribution in [0.5, 0.6) is 0 Å². The Bertz CT molecular complexity index is 1300. The first-order valence-corrected chi connectivity index (χ1v) is 9.45. The number of hydrogen-bond donors (Lipinski definition) is 2. The van der Waals surface area contributed by atoms with Gasteiger partial charge in [0.25, 0.3) is 0 Å². The normalized spacial score (nSPS) is 13.6. The molecule has 1 aliphatic rings. The van der Waals surface area contributed by atoms with Gasteiger partial charge < -0.3 is 22.1 Å². The maximum absolute atomic E-state index is 11.9. The standard InChI is InChI=1S/C25H18N2O2.ClH/c1-29-25(28)17-12-10-16(11-13-17)24(20-14-26-22-8-4-2-6-18(20)22)21-15-27-23-9-5-3-7-19(21)23;/h2-15,26H,1H3;1H/b24-21+;. The predicted molar refractivity (Wildman–Crippen MR) is 115 cm³/mol. The summed E-state index contributed by atoms with van der Waals surface area (Å²) in [6.45, 7) is 0. The van der Waals surface area contributed by atoms with E-state index in [0.29, 0.717) is 5.56 Å². The molecular weight excluding hydrogens is 396 g/mol. The number of fused-ring (bicyclic) bond motifs is 2. The van der Waals surface area contributed by atoms with Gasteiger partial charge in [-0.25, -0.2) is 9.79 Å². The van der Waals surface area contributed by atoms with Gasteiger partial charge >= 0.3 is 5.97 Å². The molecular formula is C25H19ClN2O2. The summed E-state index contributed by atoms with van der Waals surface area (Å²) in [5.41, 5.74) is 8.26. The lowest BCUT2D eigenvalue weighted by Gasteiger charge is -2.11. The van der Waals surface area contributed by atoms with Gasteiger partial charge in [-0.2, -0.15) is 0 Å². The Morgan fingerprint density at radius 1 is 0.900 bits per heavy atom. The number of carbonyl (C=O) groups excluding carboxylic acids is 1. The largest absolute Gasteiger partial charge is 1.00 e. The van der Waals surface area contributed by atoms with Crippen molar-refractivity contribution in [1.29, 1.82) is 0 Å². The fourth-order valence-electron chi connectivity index (χ4n) is 3.90. The van der Waals surface area contributed by atoms with E-state index in [4.69, 9.17) is 4.74 Å². The number of allylic oxidation sites excluding steroid dienone is 1. The summed E-state index contributed by atoms with van der Waals surface area (Å²) < 4.78 is 4.84. The van der Waals surface area contributed by atoms with Gasteiger partial charge in [-0.05, 0) is 29.8 Å². The van der Waals surface area contributed by atoms with Crippen molar-refractivity contribution < 1.29 is 26.9 Å². The first-order valence-electron chi connectivity index (χ1n) is 9.45. The summed E-state index contributed by atoms with van der Waals surface area (Å²) in [4.78, 5) is 18.6. The average molecular weight is 415 g/mol. The molecule has 3 aromatic carbocycles. The van der Waals surface area contributed by atoms with E-state index < -0.39 is 0 Å². The number of aromatic amines is 1. The minimum absolute atomic E-state index is 0. The summed E-state index contributed by atoms with van der Waals surface area (Å²) in [7, 11) is 1.39. The third kappa shape index (κ3) is 3.21. The molecule has 0 saturated heterocycles. The van der Waals surface area contributed by atoms with Crippen LogP contribution in [-0.4, -0.2) is 24.3 Å². The van der Waals surface area contributed by atoms with E-state index in [2.05, 4.69) is 46.7 Å². The molecule has 0 amide bonds. The van der Waals surface area contributed by atoms with Gasteiger partial charge in [-0.1, -0.05) is 42.5 Å². The van der Waals surface area contributed by atoms with Crippen LogP contribution >= 0.6 is 0 Å². The number of methoxy groups -OCH3 is 1. The lowest BCUT2D eigenvalue weighted by Crippen LogP contribution is -3.00. The van der Waals surface area contributed by atoms with E-state index >= 15 is 0 Å². The van der Waals surface area contributed by atoms with Crippen LogP contribution in [0.15, 0.2) is 79.0 Å². The highest BCUT2D eigenvalue weighted by Gasteiger charge is 2.24. The summed E-state index contributed by atoms with van der Waals surface area (Å²) in [5.74, 6) is -0.336. The number of aromatic nitrogens is 1. The number of benzene rings is 3. The van der Waals surface area contributed by atoms with E-state index in [1.165, 1.54) is 7.11 Å². The molecule has 5 heteroatoms. The lowest BCUT2D eigenvalue weighted by atomic mass is 9.90. The second-order valence-corrected chi connectivity index (χ2v) is 6.94. The molecule has 0 unspecified atom stereocenters. The van der Waals surface area contributed by atoms with Crippen molar-refractivity contribution in [3.05, 3.63) is 101 Å². The molecule has 5 rings (SSSR count). The van der Waals surface area contributed by atoms with E-state index in [0.717, 1.165) is 44.4 Å². The van der Waals surface area contributed by atoms with Gasteiger partial charge in [-0.15, -0.1) is 0 Å². The molecule has 2 N–H and O–H groups in total. The van der Waals surface area contributed by atoms with Crippen LogP contribution in [0.1, 0.15) is 27.0 Å². The zero-order chi connectivity index (χ0) is 19.8. The van der Waals surface area contributed by atoms with Gasteiger partial charge in [0, 0.05) is 34.3 Å². The van der Waals surface area contributed by atoms with Gasteiger partial charge in [-0.3, -0.25) is 0 Å². The SMILES string of the molecule is COC(=O)c1ccc(/C(=C2/C=[NH+]c3ccccc32)c2c[nH]c3ccccc23)cc1.[Cl-]. The van der Waals surface area contributed by atoms with Crippen molar-refractivity contribution in [3.63, 3.8) is 0 Å². The number of halogens is 1. The monoisotopic (exact) mass is 414 g/mol. The van der Waals surface area contributed by atoms with Crippen LogP contribution in [0.3, 0.4) is 0 Å². The highest BCUT2D eigenvalue weighted by atomic mass is 35.5. The Labute approximate surface area is 180 Å². The Hall–Kier alpha value is -3.63. The highest BCUT2D eigenvalue weighted by molar-refractivity contribution is 6.24. The van der Waals surface area contributed by atoms with Gasteiger partial charge in [0.15, 0.2) is 6.21 Å². The van der Waals surface area contributed by atoms with Crippen molar-refractivity contribution in [2.24, 2.45) is 0 Å². The minimum Gasteiger partial charge on any atom is -1.00 e. The van der Waals surface area contributed by atoms with Crippen LogP contribution in [0, 0.1) is 0 Å². The molecule has 1 aliphatic heterocycles. The van der Waals surface area contributed by atoms with Crippen LogP contribution in [0.2, 0.25) is 0 Å². The molecule has 0 fully saturated rings. The predicted octanol–water partition coefficient (Wildman–Crippen LogP) is 0.714. The zero-order valence-corrected chi connectivity index (χ0v) is 17.0. The molecule has 4 nitrogen and oxygen atoms in total. The van der Waals surface area contributed by atoms with E-state index in [9.17, 15) is 4.79 Å². The van der Waals surface area contributed by atoms with E-state index in [1.54, 1.807) is 0 Å². The number of H-pyrrole nitrogens is 1. The van der Waals surface area contributed by atoms with Crippen molar-refractivity contribution in [1.82, 2.24) is 4.98 Å². The number of para-hydroxylation sites is 2. The molecule has 0 bridgehead atoms. The number of nitrogens with one attached hydrogen (secondary N) is 2. The highest BCUT2D eigenvalue weighted by Crippen LogP contribution is 2.37. The van der Waals surface area contributed by atoms with Crippen molar-refractivity contribution in [2.75, 3.05) is 7.11 Å². The van der Waals surface area contributed by atoms with Crippen molar-refractivity contribution in [2.45, 2.75) is 0 Å². The molecule has 0 radical (unpaired) electrons. The number of carbonyl (C=O) groups is 1. The Morgan fingerprint density at radius 3 is 2.40 bits per heavy atom. The fraction of sp³-hybridized carbons (Fsp3) is 0.0400. The van der Waals surface area contributed by atoms with Crippen LogP contribution < -0.4 is 17.4 Å². The summed E-state index contributed by atoms with van der Waals surface area (Å²) in [6.07, 6.45) is 4.10. The lowest BCUT2D eigenvalue weighted by molar-refractivity contribution is -0.342. The van der Waals surface area contributed by atoms with Gasteiger partial charge in [0.1, 0.15) is 0 Å². The van der Waals surface area contributed by atoms with Gasteiger partial charge in [0.2, 0.25) is 5.69 Å². The van der Waals surface area contributed by atoms with Gasteiger partial charge in [0.05, 0.1) is 23.8 Å². The van der Waals surface area contributed by atoms with Crippen LogP contribution in [0.25, 0.3) is 22.0 Å². The summed E-state index contributed by atoms with van der Waals surface area (Å²) in [6, 6.07) is 24.1. The second kappa shape index (κ2) is 8.01. The minimum atomic E-state index is -0.336. The summed E-state index contributed by atoms with van der Waals surface area (Å²) in [5, 5.41) is 1.16. The third-order valence-corrected chi connectivity index (χ3v) is 5.31. The molecule has 0 spiro atoms.